The Bertz CT molecular complexity index is 860. The van der Waals surface area contributed by atoms with Gasteiger partial charge in [-0.25, -0.2) is 4.39 Å². The largest absolute Gasteiger partial charge is 0.497 e. The maximum Gasteiger partial charge on any atom is 0.250 e. The number of hydrogen-bond donors (Lipinski definition) is 1. The molecule has 0 aliphatic rings. The third-order valence-corrected chi connectivity index (χ3v) is 3.54. The Morgan fingerprint density at radius 3 is 2.58 bits per heavy atom. The minimum absolute atomic E-state index is 0.120. The van der Waals surface area contributed by atoms with Gasteiger partial charge in [-0.05, 0) is 48.5 Å². The topological polar surface area (TPSA) is 73.6 Å². The smallest absolute Gasteiger partial charge is 0.250 e. The number of amides is 1. The molecule has 2 aromatic carbocycles. The third kappa shape index (κ3) is 4.67. The normalized spacial score (nSPS) is 10.5. The Balaban J connectivity index is 1.47. The monoisotopic (exact) mass is 356 g/mol. The molecule has 1 N–H and O–H groups in total. The van der Waals surface area contributed by atoms with Crippen molar-refractivity contribution in [3.63, 3.8) is 0 Å². The van der Waals surface area contributed by atoms with Crippen LogP contribution < -0.4 is 10.1 Å². The van der Waals surface area contributed by atoms with E-state index >= 15 is 0 Å². The molecular weight excluding hydrogens is 339 g/mol. The maximum atomic E-state index is 12.9. The summed E-state index contributed by atoms with van der Waals surface area (Å²) in [7, 11) is 1.58. The van der Waals surface area contributed by atoms with Crippen LogP contribution in [0.5, 0.6) is 5.75 Å². The molecule has 1 aromatic heterocycles. The Morgan fingerprint density at radius 1 is 1.15 bits per heavy atom. The van der Waals surface area contributed by atoms with Gasteiger partial charge in [0.15, 0.2) is 5.76 Å². The van der Waals surface area contributed by atoms with Gasteiger partial charge in [-0.2, -0.15) is 0 Å². The molecule has 6 nitrogen and oxygen atoms in total. The molecule has 26 heavy (non-hydrogen) atoms. The van der Waals surface area contributed by atoms with E-state index < -0.39 is 0 Å². The zero-order valence-electron chi connectivity index (χ0n) is 14.1. The van der Waals surface area contributed by atoms with Gasteiger partial charge in [-0.1, -0.05) is 5.16 Å². The summed E-state index contributed by atoms with van der Waals surface area (Å²) < 4.78 is 28.5. The van der Waals surface area contributed by atoms with E-state index in [1.807, 2.05) is 0 Å². The average molecular weight is 356 g/mol. The van der Waals surface area contributed by atoms with Gasteiger partial charge in [0.2, 0.25) is 5.91 Å². The zero-order valence-corrected chi connectivity index (χ0v) is 14.1. The van der Waals surface area contributed by atoms with E-state index in [9.17, 15) is 9.18 Å². The number of ether oxygens (including phenoxy) is 2. The van der Waals surface area contributed by atoms with Crippen molar-refractivity contribution >= 4 is 11.6 Å². The predicted octanol–water partition coefficient (Wildman–Crippen LogP) is 3.64. The van der Waals surface area contributed by atoms with Crippen LogP contribution in [0.25, 0.3) is 11.3 Å². The molecule has 0 radical (unpaired) electrons. The first-order valence-electron chi connectivity index (χ1n) is 7.87. The molecule has 1 amide bonds. The summed E-state index contributed by atoms with van der Waals surface area (Å²) in [6.07, 6.45) is 0. The summed E-state index contributed by atoms with van der Waals surface area (Å²) in [6.45, 7) is 0.00545. The number of aromatic nitrogens is 1. The molecule has 0 aliphatic carbocycles. The van der Waals surface area contributed by atoms with Crippen LogP contribution in [0.3, 0.4) is 0 Å². The highest BCUT2D eigenvalue weighted by molar-refractivity contribution is 5.91. The molecule has 0 aliphatic heterocycles. The molecule has 7 heteroatoms. The van der Waals surface area contributed by atoms with E-state index in [4.69, 9.17) is 14.0 Å². The minimum atomic E-state index is -0.320. The second-order valence-electron chi connectivity index (χ2n) is 5.46. The van der Waals surface area contributed by atoms with Gasteiger partial charge in [0.1, 0.15) is 23.9 Å². The number of benzene rings is 2. The van der Waals surface area contributed by atoms with Crippen LogP contribution in [0.4, 0.5) is 10.1 Å². The van der Waals surface area contributed by atoms with Gasteiger partial charge in [0.05, 0.1) is 13.7 Å². The van der Waals surface area contributed by atoms with Crippen molar-refractivity contribution in [1.29, 1.82) is 0 Å². The van der Waals surface area contributed by atoms with Gasteiger partial charge < -0.3 is 19.3 Å². The third-order valence-electron chi connectivity index (χ3n) is 3.54. The predicted molar refractivity (Wildman–Crippen MR) is 93.2 cm³/mol. The van der Waals surface area contributed by atoms with E-state index in [-0.39, 0.29) is 24.9 Å². The first kappa shape index (κ1) is 17.6. The van der Waals surface area contributed by atoms with E-state index in [2.05, 4.69) is 10.5 Å². The van der Waals surface area contributed by atoms with E-state index in [0.717, 1.165) is 0 Å². The van der Waals surface area contributed by atoms with Crippen molar-refractivity contribution < 1.29 is 23.2 Å². The first-order chi connectivity index (χ1) is 12.6. The Kier molecular flexibility index (Phi) is 5.60. The molecule has 3 aromatic rings. The number of hydrogen-bond acceptors (Lipinski definition) is 5. The molecule has 0 fully saturated rings. The minimum Gasteiger partial charge on any atom is -0.497 e. The van der Waals surface area contributed by atoms with Gasteiger partial charge in [0, 0.05) is 17.3 Å². The average Bonchev–Trinajstić information content (AvgIpc) is 3.12. The summed E-state index contributed by atoms with van der Waals surface area (Å²) in [5.41, 5.74) is 1.91. The van der Waals surface area contributed by atoms with Gasteiger partial charge in [0.25, 0.3) is 0 Å². The Labute approximate surface area is 149 Å². The lowest BCUT2D eigenvalue weighted by Crippen LogP contribution is -2.18. The molecule has 3 rings (SSSR count). The molecule has 0 saturated carbocycles. The highest BCUT2D eigenvalue weighted by Crippen LogP contribution is 2.21. The van der Waals surface area contributed by atoms with Crippen LogP contribution in [-0.2, 0) is 16.1 Å². The molecule has 1 heterocycles. The fourth-order valence-corrected chi connectivity index (χ4v) is 2.25. The first-order valence-corrected chi connectivity index (χ1v) is 7.87. The summed E-state index contributed by atoms with van der Waals surface area (Å²) in [6, 6.07) is 14.6. The second kappa shape index (κ2) is 8.26. The van der Waals surface area contributed by atoms with E-state index in [1.165, 1.54) is 12.1 Å². The summed E-state index contributed by atoms with van der Waals surface area (Å²) in [4.78, 5) is 11.9. The number of methoxy groups -OCH3 is 1. The number of nitrogens with one attached hydrogen (secondary N) is 1. The zero-order chi connectivity index (χ0) is 18.4. The van der Waals surface area contributed by atoms with Crippen LogP contribution in [-0.4, -0.2) is 24.8 Å². The number of carbonyl (C=O) groups is 1. The van der Waals surface area contributed by atoms with Crippen molar-refractivity contribution in [3.8, 4) is 17.1 Å². The summed E-state index contributed by atoms with van der Waals surface area (Å²) in [5, 5.41) is 6.59. The van der Waals surface area contributed by atoms with Crippen molar-refractivity contribution in [2.45, 2.75) is 6.61 Å². The van der Waals surface area contributed by atoms with Crippen molar-refractivity contribution in [2.75, 3.05) is 19.0 Å². The SMILES string of the molecule is COc1ccc(NC(=O)COCc2cc(-c3ccc(F)cc3)on2)cc1. The molecule has 0 spiro atoms. The molecular formula is C19H17FN2O4. The van der Waals surface area contributed by atoms with E-state index in [1.54, 1.807) is 49.6 Å². The number of anilines is 1. The van der Waals surface area contributed by atoms with Gasteiger partial charge >= 0.3 is 0 Å². The lowest BCUT2D eigenvalue weighted by Gasteiger charge is -2.06. The highest BCUT2D eigenvalue weighted by atomic mass is 19.1. The lowest BCUT2D eigenvalue weighted by molar-refractivity contribution is -0.121. The highest BCUT2D eigenvalue weighted by Gasteiger charge is 2.09. The van der Waals surface area contributed by atoms with Crippen LogP contribution in [0.15, 0.2) is 59.1 Å². The van der Waals surface area contributed by atoms with Gasteiger partial charge in [-0.3, -0.25) is 4.79 Å². The Morgan fingerprint density at radius 2 is 1.88 bits per heavy atom. The second-order valence-corrected chi connectivity index (χ2v) is 5.46. The van der Waals surface area contributed by atoms with Crippen molar-refractivity contribution in [1.82, 2.24) is 5.16 Å². The quantitative estimate of drug-likeness (QED) is 0.700. The molecule has 0 unspecified atom stereocenters. The van der Waals surface area contributed by atoms with Crippen LogP contribution >= 0.6 is 0 Å². The van der Waals surface area contributed by atoms with Crippen LogP contribution in [0, 0.1) is 5.82 Å². The van der Waals surface area contributed by atoms with E-state index in [0.29, 0.717) is 28.5 Å². The van der Waals surface area contributed by atoms with Crippen LogP contribution in [0.2, 0.25) is 0 Å². The fraction of sp³-hybridized carbons (Fsp3) is 0.158. The number of nitrogens with zero attached hydrogens (tertiary/aromatic N) is 1. The standard InChI is InChI=1S/C19H17FN2O4/c1-24-17-8-6-15(7-9-17)21-19(23)12-25-11-16-10-18(26-22-16)13-2-4-14(20)5-3-13/h2-10H,11-12H2,1H3,(H,21,23). The molecule has 0 bridgehead atoms. The maximum absolute atomic E-state index is 12.9. The molecule has 0 saturated heterocycles. The number of halogens is 1. The van der Waals surface area contributed by atoms with Gasteiger partial charge in [-0.15, -0.1) is 0 Å². The number of rotatable bonds is 7. The summed E-state index contributed by atoms with van der Waals surface area (Å²) >= 11 is 0. The fourth-order valence-electron chi connectivity index (χ4n) is 2.25. The summed E-state index contributed by atoms with van der Waals surface area (Å²) in [5.74, 6) is 0.616. The van der Waals surface area contributed by atoms with Crippen molar-refractivity contribution in [2.24, 2.45) is 0 Å². The molecule has 134 valence electrons. The Hall–Kier alpha value is -3.19. The van der Waals surface area contributed by atoms with Crippen molar-refractivity contribution in [3.05, 3.63) is 66.1 Å². The lowest BCUT2D eigenvalue weighted by atomic mass is 10.1. The molecule has 0 atom stereocenters. The number of carbonyl (C=O) groups excluding carboxylic acids is 1. The van der Waals surface area contributed by atoms with Crippen LogP contribution in [0.1, 0.15) is 5.69 Å².